The predicted octanol–water partition coefficient (Wildman–Crippen LogP) is 5.55. The zero-order chi connectivity index (χ0) is 19.3. The average Bonchev–Trinajstić information content (AvgIpc) is 2.55. The lowest BCUT2D eigenvalue weighted by molar-refractivity contribution is -0.137. The molecular weight excluding hydrogens is 316 g/mol. The number of hydrogen-bond donors (Lipinski definition) is 3. The third-order valence-corrected chi connectivity index (χ3v) is 4.19. The molecule has 1 unspecified atom stereocenters. The maximum atomic E-state index is 10.3. The number of carboxylic acids is 1. The molecule has 0 aromatic heterocycles. The third-order valence-electron chi connectivity index (χ3n) is 4.19. The van der Waals surface area contributed by atoms with E-state index >= 15 is 0 Å². The van der Waals surface area contributed by atoms with E-state index in [1.54, 1.807) is 0 Å². The number of carbonyl (C=O) groups is 1. The fourth-order valence-electron chi connectivity index (χ4n) is 2.60. The lowest BCUT2D eigenvalue weighted by Crippen LogP contribution is -2.03. The first-order valence-electron chi connectivity index (χ1n) is 10.4. The summed E-state index contributed by atoms with van der Waals surface area (Å²) in [7, 11) is 0. The van der Waals surface area contributed by atoms with E-state index in [-0.39, 0.29) is 6.61 Å². The van der Waals surface area contributed by atoms with Gasteiger partial charge in [0.25, 0.3) is 0 Å². The van der Waals surface area contributed by atoms with Gasteiger partial charge < -0.3 is 15.3 Å². The maximum Gasteiger partial charge on any atom is 0.303 e. The number of rotatable bonds is 16. The highest BCUT2D eigenvalue weighted by Gasteiger charge is 1.97. The van der Waals surface area contributed by atoms with E-state index in [9.17, 15) is 4.79 Å². The molecule has 0 aliphatic carbocycles. The summed E-state index contributed by atoms with van der Waals surface area (Å²) in [5, 5.41) is 24.5. The third kappa shape index (κ3) is 31.6. The maximum absolute atomic E-state index is 10.3. The second kappa shape index (κ2) is 21.4. The molecule has 0 aromatic rings. The highest BCUT2D eigenvalue weighted by molar-refractivity contribution is 5.66. The van der Waals surface area contributed by atoms with Gasteiger partial charge in [-0.25, -0.2) is 0 Å². The Bertz CT molecular complexity index is 265. The summed E-state index contributed by atoms with van der Waals surface area (Å²) in [6, 6.07) is 0. The van der Waals surface area contributed by atoms with Crippen molar-refractivity contribution in [1.29, 1.82) is 0 Å². The molecule has 0 fully saturated rings. The van der Waals surface area contributed by atoms with E-state index in [2.05, 4.69) is 13.8 Å². The minimum absolute atomic E-state index is 0.139. The molecular formula is C21H44O4. The van der Waals surface area contributed by atoms with Gasteiger partial charge in [0.15, 0.2) is 0 Å². The SMILES string of the molecule is CC(C)CCCCCCCCCCCCCCC(=O)O.CC(O)CO. The standard InChI is InChI=1S/C18H36O2.C3H8O2/c1-17(2)15-13-11-9-7-5-3-4-6-8-10-12-14-16-18(19)20;1-3(5)2-4/h17H,3-16H2,1-2H3,(H,19,20);3-5H,2H2,1H3. The van der Waals surface area contributed by atoms with Gasteiger partial charge in [0.05, 0.1) is 12.7 Å². The molecule has 0 saturated carbocycles. The first-order valence-corrected chi connectivity index (χ1v) is 10.4. The van der Waals surface area contributed by atoms with Crippen molar-refractivity contribution in [3.8, 4) is 0 Å². The second-order valence-corrected chi connectivity index (χ2v) is 7.60. The van der Waals surface area contributed by atoms with Crippen molar-refractivity contribution in [1.82, 2.24) is 0 Å². The van der Waals surface area contributed by atoms with Crippen LogP contribution in [0.25, 0.3) is 0 Å². The summed E-state index contributed by atoms with van der Waals surface area (Å²) in [4.78, 5) is 10.3. The summed E-state index contributed by atoms with van der Waals surface area (Å²) < 4.78 is 0. The molecule has 0 saturated heterocycles. The van der Waals surface area contributed by atoms with Gasteiger partial charge in [-0.1, -0.05) is 90.9 Å². The normalized spacial score (nSPS) is 11.9. The van der Waals surface area contributed by atoms with E-state index in [1.807, 2.05) is 0 Å². The Morgan fingerprint density at radius 3 is 1.32 bits per heavy atom. The fourth-order valence-corrected chi connectivity index (χ4v) is 2.60. The van der Waals surface area contributed by atoms with Crippen LogP contribution < -0.4 is 0 Å². The molecule has 3 N–H and O–H groups in total. The van der Waals surface area contributed by atoms with Crippen LogP contribution in [-0.2, 0) is 4.79 Å². The van der Waals surface area contributed by atoms with E-state index in [0.29, 0.717) is 6.42 Å². The number of carboxylic acid groups (broad SMARTS) is 1. The Kier molecular flexibility index (Phi) is 22.8. The first-order chi connectivity index (χ1) is 11.9. The quantitative estimate of drug-likeness (QED) is 0.315. The van der Waals surface area contributed by atoms with Crippen molar-refractivity contribution in [2.24, 2.45) is 5.92 Å². The Morgan fingerprint density at radius 1 is 0.720 bits per heavy atom. The Hall–Kier alpha value is -0.610. The van der Waals surface area contributed by atoms with Crippen LogP contribution in [0.3, 0.4) is 0 Å². The van der Waals surface area contributed by atoms with Gasteiger partial charge in [-0.15, -0.1) is 0 Å². The van der Waals surface area contributed by atoms with Crippen molar-refractivity contribution < 1.29 is 20.1 Å². The van der Waals surface area contributed by atoms with Crippen LogP contribution in [0, 0.1) is 5.92 Å². The lowest BCUT2D eigenvalue weighted by atomic mass is 10.0. The minimum Gasteiger partial charge on any atom is -0.481 e. The largest absolute Gasteiger partial charge is 0.481 e. The molecule has 152 valence electrons. The van der Waals surface area contributed by atoms with Gasteiger partial charge in [0.1, 0.15) is 0 Å². The Balaban J connectivity index is 0. The average molecular weight is 361 g/mol. The van der Waals surface area contributed by atoms with Crippen molar-refractivity contribution in [2.75, 3.05) is 6.61 Å². The van der Waals surface area contributed by atoms with Gasteiger partial charge in [-0.05, 0) is 19.3 Å². The van der Waals surface area contributed by atoms with Crippen LogP contribution in [0.2, 0.25) is 0 Å². The molecule has 0 aliphatic heterocycles. The van der Waals surface area contributed by atoms with E-state index in [4.69, 9.17) is 15.3 Å². The van der Waals surface area contributed by atoms with Crippen molar-refractivity contribution in [3.05, 3.63) is 0 Å². The summed E-state index contributed by atoms with van der Waals surface area (Å²) in [5.74, 6) is 0.212. The molecule has 0 amide bonds. The zero-order valence-corrected chi connectivity index (χ0v) is 17.0. The van der Waals surface area contributed by atoms with Crippen LogP contribution in [0.4, 0.5) is 0 Å². The highest BCUT2D eigenvalue weighted by atomic mass is 16.4. The molecule has 25 heavy (non-hydrogen) atoms. The summed E-state index contributed by atoms with van der Waals surface area (Å²) >= 11 is 0. The van der Waals surface area contributed by atoms with E-state index < -0.39 is 12.1 Å². The molecule has 0 aliphatic rings. The van der Waals surface area contributed by atoms with E-state index in [1.165, 1.54) is 77.6 Å². The summed E-state index contributed by atoms with van der Waals surface area (Å²) in [6.07, 6.45) is 16.8. The van der Waals surface area contributed by atoms with Crippen molar-refractivity contribution in [3.63, 3.8) is 0 Å². The van der Waals surface area contributed by atoms with Crippen molar-refractivity contribution in [2.45, 2.75) is 117 Å². The van der Waals surface area contributed by atoms with Crippen molar-refractivity contribution >= 4 is 5.97 Å². The summed E-state index contributed by atoms with van der Waals surface area (Å²) in [5.41, 5.74) is 0. The topological polar surface area (TPSA) is 77.8 Å². The van der Waals surface area contributed by atoms with Gasteiger partial charge in [-0.3, -0.25) is 4.79 Å². The molecule has 1 atom stereocenters. The zero-order valence-electron chi connectivity index (χ0n) is 17.0. The smallest absolute Gasteiger partial charge is 0.303 e. The molecule has 4 nitrogen and oxygen atoms in total. The molecule has 0 rings (SSSR count). The van der Waals surface area contributed by atoms with Crippen LogP contribution in [0.5, 0.6) is 0 Å². The number of aliphatic hydroxyl groups excluding tert-OH is 2. The van der Waals surface area contributed by atoms with Gasteiger partial charge in [0, 0.05) is 6.42 Å². The van der Waals surface area contributed by atoms with E-state index in [0.717, 1.165) is 18.8 Å². The monoisotopic (exact) mass is 360 g/mol. The van der Waals surface area contributed by atoms with Gasteiger partial charge in [0.2, 0.25) is 0 Å². The minimum atomic E-state index is -0.654. The van der Waals surface area contributed by atoms with Gasteiger partial charge >= 0.3 is 5.97 Å². The predicted molar refractivity (Wildman–Crippen MR) is 106 cm³/mol. The molecule has 0 aromatic carbocycles. The Morgan fingerprint density at radius 2 is 1.04 bits per heavy atom. The molecule has 0 heterocycles. The summed E-state index contributed by atoms with van der Waals surface area (Å²) in [6.45, 7) is 6.00. The Labute approximate surface area is 156 Å². The fraction of sp³-hybridized carbons (Fsp3) is 0.952. The molecule has 0 radical (unpaired) electrons. The lowest BCUT2D eigenvalue weighted by Gasteiger charge is -2.04. The number of aliphatic carboxylic acids is 1. The van der Waals surface area contributed by atoms with Gasteiger partial charge in [-0.2, -0.15) is 0 Å². The highest BCUT2D eigenvalue weighted by Crippen LogP contribution is 2.14. The molecule has 4 heteroatoms. The second-order valence-electron chi connectivity index (χ2n) is 7.60. The molecule has 0 spiro atoms. The number of aliphatic hydroxyl groups is 2. The molecule has 0 bridgehead atoms. The van der Waals surface area contributed by atoms with Crippen LogP contribution in [0.1, 0.15) is 111 Å². The van der Waals surface area contributed by atoms with Crippen LogP contribution in [-0.4, -0.2) is 34.0 Å². The van der Waals surface area contributed by atoms with Crippen LogP contribution in [0.15, 0.2) is 0 Å². The van der Waals surface area contributed by atoms with Crippen LogP contribution >= 0.6 is 0 Å². The number of hydrogen-bond acceptors (Lipinski definition) is 3. The first kappa shape index (κ1) is 26.6. The number of unbranched alkanes of at least 4 members (excludes halogenated alkanes) is 11.